The second kappa shape index (κ2) is 12.8. The highest BCUT2D eigenvalue weighted by molar-refractivity contribution is 6.12. The predicted molar refractivity (Wildman–Crippen MR) is 239 cm³/mol. The van der Waals surface area contributed by atoms with Crippen LogP contribution in [0.4, 0.5) is 17.1 Å². The lowest BCUT2D eigenvalue weighted by atomic mass is 9.97. The van der Waals surface area contributed by atoms with Crippen molar-refractivity contribution in [2.45, 2.75) is 0 Å². The third kappa shape index (κ3) is 5.07. The van der Waals surface area contributed by atoms with Gasteiger partial charge in [0.1, 0.15) is 16.7 Å². The smallest absolute Gasteiger partial charge is 0.227 e. The first-order chi connectivity index (χ1) is 28.7. The number of oxazole rings is 1. The van der Waals surface area contributed by atoms with E-state index >= 15 is 0 Å². The van der Waals surface area contributed by atoms with Gasteiger partial charge in [-0.3, -0.25) is 0 Å². The van der Waals surface area contributed by atoms with Crippen LogP contribution in [0.3, 0.4) is 0 Å². The number of fused-ring (bicyclic) bond motifs is 9. The molecule has 0 spiro atoms. The van der Waals surface area contributed by atoms with E-state index in [0.29, 0.717) is 5.89 Å². The molecule has 12 rings (SSSR count). The number of anilines is 3. The minimum atomic E-state index is 0.620. The molecule has 5 nitrogen and oxygen atoms in total. The molecule has 0 saturated heterocycles. The summed E-state index contributed by atoms with van der Waals surface area (Å²) in [7, 11) is 0. The molecule has 0 amide bonds. The molecule has 0 bridgehead atoms. The summed E-state index contributed by atoms with van der Waals surface area (Å²) < 4.78 is 15.1. The highest BCUT2D eigenvalue weighted by atomic mass is 16.3. The minimum absolute atomic E-state index is 0.620. The highest BCUT2D eigenvalue weighted by Gasteiger charge is 2.20. The van der Waals surface area contributed by atoms with Crippen molar-refractivity contribution in [3.63, 3.8) is 0 Å². The van der Waals surface area contributed by atoms with Gasteiger partial charge in [0.15, 0.2) is 5.58 Å². The van der Waals surface area contributed by atoms with Gasteiger partial charge in [-0.15, -0.1) is 0 Å². The quantitative estimate of drug-likeness (QED) is 0.170. The lowest BCUT2D eigenvalue weighted by Crippen LogP contribution is -2.10. The predicted octanol–water partition coefficient (Wildman–Crippen LogP) is 14.8. The van der Waals surface area contributed by atoms with E-state index in [0.717, 1.165) is 88.8 Å². The molecule has 0 aliphatic heterocycles. The van der Waals surface area contributed by atoms with Crippen LogP contribution < -0.4 is 4.90 Å². The van der Waals surface area contributed by atoms with Crippen LogP contribution in [-0.2, 0) is 0 Å². The SMILES string of the molecule is c1ccc(-c2nc3c(cc(-c4ccc(N(c5ccc6oc7ccccc7c6c5)c5ccc6c7ccccc7n(-c7ccccc7)c6c5)cc4)c4ccccc43)o2)cc1. The zero-order valence-electron chi connectivity index (χ0n) is 31.2. The fourth-order valence-corrected chi connectivity index (χ4v) is 8.74. The van der Waals surface area contributed by atoms with Gasteiger partial charge in [0.25, 0.3) is 0 Å². The molecule has 58 heavy (non-hydrogen) atoms. The third-order valence-corrected chi connectivity index (χ3v) is 11.4. The summed E-state index contributed by atoms with van der Waals surface area (Å²) in [5.74, 6) is 0.620. The van der Waals surface area contributed by atoms with Crippen LogP contribution in [0.1, 0.15) is 0 Å². The fourth-order valence-electron chi connectivity index (χ4n) is 8.74. The molecule has 0 atom stereocenters. The van der Waals surface area contributed by atoms with Crippen molar-refractivity contribution in [2.75, 3.05) is 4.90 Å². The Labute approximate surface area is 333 Å². The van der Waals surface area contributed by atoms with Gasteiger partial charge in [0.2, 0.25) is 5.89 Å². The monoisotopic (exact) mass is 743 g/mol. The van der Waals surface area contributed by atoms with Crippen molar-refractivity contribution in [2.24, 2.45) is 0 Å². The van der Waals surface area contributed by atoms with Crippen LogP contribution in [0.2, 0.25) is 0 Å². The van der Waals surface area contributed by atoms with Gasteiger partial charge in [-0.05, 0) is 101 Å². The maximum atomic E-state index is 6.43. The summed E-state index contributed by atoms with van der Waals surface area (Å²) >= 11 is 0. The molecule has 0 N–H and O–H groups in total. The zero-order valence-corrected chi connectivity index (χ0v) is 31.2. The van der Waals surface area contributed by atoms with Crippen molar-refractivity contribution < 1.29 is 8.83 Å². The lowest BCUT2D eigenvalue weighted by molar-refractivity contribution is 0.620. The Hall–Kier alpha value is -7.89. The van der Waals surface area contributed by atoms with Gasteiger partial charge in [-0.2, -0.15) is 0 Å². The number of aromatic nitrogens is 2. The lowest BCUT2D eigenvalue weighted by Gasteiger charge is -2.26. The van der Waals surface area contributed by atoms with Gasteiger partial charge in [-0.25, -0.2) is 4.98 Å². The first-order valence-electron chi connectivity index (χ1n) is 19.5. The standard InChI is InChI=1S/C53H33N3O2/c1-3-13-35(14-4-1)53-54-52-44-20-8-7-17-40(44)45(33-51(52)58-53)34-23-25-37(26-24-34)55(38-28-30-50-46(31-38)43-19-10-12-22-49(43)57-50)39-27-29-42-41-18-9-11-21-47(41)56(48(42)32-39)36-15-5-2-6-16-36/h1-33H. The summed E-state index contributed by atoms with van der Waals surface area (Å²) in [5.41, 5.74) is 13.1. The third-order valence-electron chi connectivity index (χ3n) is 11.4. The summed E-state index contributed by atoms with van der Waals surface area (Å²) in [4.78, 5) is 7.31. The molecule has 0 aliphatic carbocycles. The molecular formula is C53H33N3O2. The van der Waals surface area contributed by atoms with Crippen LogP contribution in [0, 0.1) is 0 Å². The maximum Gasteiger partial charge on any atom is 0.227 e. The number of para-hydroxylation sites is 3. The number of rotatable bonds is 6. The average molecular weight is 744 g/mol. The first-order valence-corrected chi connectivity index (χ1v) is 19.5. The van der Waals surface area contributed by atoms with Crippen LogP contribution >= 0.6 is 0 Å². The van der Waals surface area contributed by atoms with Gasteiger partial charge in [-0.1, -0.05) is 115 Å². The second-order valence-corrected chi connectivity index (χ2v) is 14.8. The molecule has 272 valence electrons. The summed E-state index contributed by atoms with van der Waals surface area (Å²) in [5, 5.41) is 6.80. The molecule has 5 heteroatoms. The molecule has 0 radical (unpaired) electrons. The van der Waals surface area contributed by atoms with Crippen molar-refractivity contribution in [1.82, 2.24) is 9.55 Å². The van der Waals surface area contributed by atoms with Crippen LogP contribution in [-0.4, -0.2) is 9.55 Å². The average Bonchev–Trinajstić information content (AvgIpc) is 3.99. The van der Waals surface area contributed by atoms with Crippen molar-refractivity contribution in [1.29, 1.82) is 0 Å². The zero-order chi connectivity index (χ0) is 38.2. The van der Waals surface area contributed by atoms with E-state index in [4.69, 9.17) is 13.8 Å². The molecule has 0 saturated carbocycles. The fraction of sp³-hybridized carbons (Fsp3) is 0. The molecule has 3 heterocycles. The molecule has 3 aromatic heterocycles. The van der Waals surface area contributed by atoms with Crippen molar-refractivity contribution in [3.05, 3.63) is 200 Å². The Morgan fingerprint density at radius 1 is 0.379 bits per heavy atom. The number of furan rings is 1. The topological polar surface area (TPSA) is 47.3 Å². The van der Waals surface area contributed by atoms with E-state index in [1.54, 1.807) is 0 Å². The molecule has 9 aromatic carbocycles. The van der Waals surface area contributed by atoms with Gasteiger partial charge < -0.3 is 18.3 Å². The number of nitrogens with zero attached hydrogens (tertiary/aromatic N) is 3. The molecular weight excluding hydrogens is 711 g/mol. The summed E-state index contributed by atoms with van der Waals surface area (Å²) in [6.45, 7) is 0. The van der Waals surface area contributed by atoms with Gasteiger partial charge in [0.05, 0.1) is 11.0 Å². The number of hydrogen-bond acceptors (Lipinski definition) is 4. The Balaban J connectivity index is 1.04. The van der Waals surface area contributed by atoms with Crippen LogP contribution in [0.5, 0.6) is 0 Å². The van der Waals surface area contributed by atoms with E-state index in [9.17, 15) is 0 Å². The van der Waals surface area contributed by atoms with E-state index in [2.05, 4.69) is 167 Å². The Morgan fingerprint density at radius 3 is 1.83 bits per heavy atom. The number of hydrogen-bond donors (Lipinski definition) is 0. The van der Waals surface area contributed by atoms with Gasteiger partial charge in [0, 0.05) is 55.2 Å². The molecule has 12 aromatic rings. The largest absolute Gasteiger partial charge is 0.456 e. The van der Waals surface area contributed by atoms with E-state index < -0.39 is 0 Å². The van der Waals surface area contributed by atoms with Crippen LogP contribution in [0.25, 0.3) is 93.9 Å². The summed E-state index contributed by atoms with van der Waals surface area (Å²) in [6.07, 6.45) is 0. The Kier molecular flexibility index (Phi) is 7.16. The molecule has 0 unspecified atom stereocenters. The normalized spacial score (nSPS) is 11.8. The van der Waals surface area contributed by atoms with Crippen molar-refractivity contribution in [3.8, 4) is 28.3 Å². The highest BCUT2D eigenvalue weighted by Crippen LogP contribution is 2.43. The first kappa shape index (κ1) is 32.4. The Bertz CT molecular complexity index is 3510. The van der Waals surface area contributed by atoms with Crippen LogP contribution in [0.15, 0.2) is 209 Å². The number of benzene rings is 9. The van der Waals surface area contributed by atoms with E-state index in [1.165, 1.54) is 16.3 Å². The summed E-state index contributed by atoms with van der Waals surface area (Å²) in [6, 6.07) is 70.4. The molecule has 0 aliphatic rings. The van der Waals surface area contributed by atoms with Crippen molar-refractivity contribution >= 4 is 82.7 Å². The maximum absolute atomic E-state index is 6.43. The van der Waals surface area contributed by atoms with E-state index in [-0.39, 0.29) is 0 Å². The second-order valence-electron chi connectivity index (χ2n) is 14.8. The van der Waals surface area contributed by atoms with E-state index in [1.807, 2.05) is 42.5 Å². The molecule has 0 fully saturated rings. The minimum Gasteiger partial charge on any atom is -0.456 e. The van der Waals surface area contributed by atoms with Gasteiger partial charge >= 0.3 is 0 Å². The Morgan fingerprint density at radius 2 is 1.00 bits per heavy atom.